The smallest absolute Gasteiger partial charge is 0.360 e. The van der Waals surface area contributed by atoms with Crippen LogP contribution < -0.4 is 10.3 Å². The number of hydrogen-bond donors (Lipinski definition) is 1. The predicted octanol–water partition coefficient (Wildman–Crippen LogP) is 2.48. The Hall–Kier alpha value is -2.63. The van der Waals surface area contributed by atoms with Crippen LogP contribution in [0.25, 0.3) is 5.69 Å². The van der Waals surface area contributed by atoms with Crippen molar-refractivity contribution in [3.05, 3.63) is 51.9 Å². The zero-order chi connectivity index (χ0) is 17.3. The molecule has 24 heavy (non-hydrogen) atoms. The molecule has 1 aliphatic heterocycles. The standard InChI is InChI=1S/C18H21N3O3/c1-12-7-9-20(10-8-12)14-3-5-15(6-4-14)21-13(2)11-16(22)17(19-21)18(23)24/h3-6,11-12H,7-10H2,1-2H3,(H,23,24). The SMILES string of the molecule is Cc1cc(=O)c(C(=O)O)nn1-c1ccc(N2CCC(C)CC2)cc1. The van der Waals surface area contributed by atoms with Crippen LogP contribution in [0.4, 0.5) is 5.69 Å². The van der Waals surface area contributed by atoms with E-state index in [0.717, 1.165) is 30.4 Å². The van der Waals surface area contributed by atoms with Gasteiger partial charge < -0.3 is 10.0 Å². The number of rotatable bonds is 3. The molecule has 0 spiro atoms. The number of aromatic nitrogens is 2. The Morgan fingerprint density at radius 1 is 1.17 bits per heavy atom. The number of benzene rings is 1. The summed E-state index contributed by atoms with van der Waals surface area (Å²) in [7, 11) is 0. The summed E-state index contributed by atoms with van der Waals surface area (Å²) >= 11 is 0. The summed E-state index contributed by atoms with van der Waals surface area (Å²) in [6.45, 7) is 6.13. The molecule has 2 aromatic rings. The van der Waals surface area contributed by atoms with Crippen molar-refractivity contribution >= 4 is 11.7 Å². The minimum atomic E-state index is -1.31. The molecule has 1 fully saturated rings. The Morgan fingerprint density at radius 3 is 2.33 bits per heavy atom. The van der Waals surface area contributed by atoms with Crippen molar-refractivity contribution in [3.8, 4) is 5.69 Å². The summed E-state index contributed by atoms with van der Waals surface area (Å²) in [6.07, 6.45) is 2.40. The van der Waals surface area contributed by atoms with Crippen LogP contribution in [0.5, 0.6) is 0 Å². The number of carboxylic acid groups (broad SMARTS) is 1. The van der Waals surface area contributed by atoms with Gasteiger partial charge in [0, 0.05) is 30.5 Å². The van der Waals surface area contributed by atoms with Crippen molar-refractivity contribution < 1.29 is 9.90 Å². The van der Waals surface area contributed by atoms with E-state index in [1.807, 2.05) is 24.3 Å². The number of carboxylic acids is 1. The van der Waals surface area contributed by atoms with E-state index in [4.69, 9.17) is 5.11 Å². The number of aryl methyl sites for hydroxylation is 1. The molecule has 2 heterocycles. The van der Waals surface area contributed by atoms with Gasteiger partial charge in [-0.05, 0) is 49.9 Å². The Labute approximate surface area is 140 Å². The van der Waals surface area contributed by atoms with Crippen molar-refractivity contribution in [1.29, 1.82) is 0 Å². The normalized spacial score (nSPS) is 15.5. The van der Waals surface area contributed by atoms with Gasteiger partial charge in [0.15, 0.2) is 0 Å². The average Bonchev–Trinajstić information content (AvgIpc) is 2.55. The molecule has 6 nitrogen and oxygen atoms in total. The highest BCUT2D eigenvalue weighted by Crippen LogP contribution is 2.24. The lowest BCUT2D eigenvalue weighted by Crippen LogP contribution is -2.32. The van der Waals surface area contributed by atoms with E-state index >= 15 is 0 Å². The quantitative estimate of drug-likeness (QED) is 0.937. The first-order valence-electron chi connectivity index (χ1n) is 8.15. The van der Waals surface area contributed by atoms with Crippen molar-refractivity contribution in [3.63, 3.8) is 0 Å². The van der Waals surface area contributed by atoms with Gasteiger partial charge in [-0.15, -0.1) is 0 Å². The Balaban J connectivity index is 1.90. The van der Waals surface area contributed by atoms with Gasteiger partial charge in [0.25, 0.3) is 0 Å². The molecule has 0 bridgehead atoms. The largest absolute Gasteiger partial charge is 0.476 e. The van der Waals surface area contributed by atoms with Crippen LogP contribution >= 0.6 is 0 Å². The van der Waals surface area contributed by atoms with E-state index in [-0.39, 0.29) is 0 Å². The van der Waals surface area contributed by atoms with Crippen LogP contribution in [0, 0.1) is 12.8 Å². The second-order valence-electron chi connectivity index (χ2n) is 6.40. The third-order valence-corrected chi connectivity index (χ3v) is 4.55. The summed E-state index contributed by atoms with van der Waals surface area (Å²) < 4.78 is 1.49. The molecule has 0 atom stereocenters. The van der Waals surface area contributed by atoms with Crippen molar-refractivity contribution in [1.82, 2.24) is 9.78 Å². The van der Waals surface area contributed by atoms with Crippen LogP contribution in [-0.2, 0) is 0 Å². The van der Waals surface area contributed by atoms with Crippen molar-refractivity contribution in [2.24, 2.45) is 5.92 Å². The number of hydrogen-bond acceptors (Lipinski definition) is 4. The van der Waals surface area contributed by atoms with E-state index < -0.39 is 17.1 Å². The fourth-order valence-electron chi connectivity index (χ4n) is 3.03. The van der Waals surface area contributed by atoms with Crippen LogP contribution in [0.3, 0.4) is 0 Å². The zero-order valence-electron chi connectivity index (χ0n) is 13.9. The fraction of sp³-hybridized carbons (Fsp3) is 0.389. The zero-order valence-corrected chi connectivity index (χ0v) is 13.9. The first-order chi connectivity index (χ1) is 11.5. The van der Waals surface area contributed by atoms with E-state index in [0.29, 0.717) is 5.69 Å². The van der Waals surface area contributed by atoms with Gasteiger partial charge in [0.1, 0.15) is 0 Å². The third-order valence-electron chi connectivity index (χ3n) is 4.55. The molecule has 1 aliphatic rings. The molecule has 126 valence electrons. The molecular weight excluding hydrogens is 306 g/mol. The summed E-state index contributed by atoms with van der Waals surface area (Å²) in [5.74, 6) is -0.532. The Bertz CT molecular complexity index is 803. The van der Waals surface area contributed by atoms with Gasteiger partial charge in [0.05, 0.1) is 5.69 Å². The molecule has 0 amide bonds. The van der Waals surface area contributed by atoms with E-state index in [1.165, 1.54) is 23.6 Å². The number of aromatic carboxylic acids is 1. The summed E-state index contributed by atoms with van der Waals surface area (Å²) in [5.41, 5.74) is 1.46. The van der Waals surface area contributed by atoms with E-state index in [2.05, 4.69) is 16.9 Å². The Kier molecular flexibility index (Phi) is 4.38. The van der Waals surface area contributed by atoms with Gasteiger partial charge in [-0.1, -0.05) is 6.92 Å². The Morgan fingerprint density at radius 2 is 1.75 bits per heavy atom. The molecule has 0 unspecified atom stereocenters. The van der Waals surface area contributed by atoms with Crippen LogP contribution in [0.15, 0.2) is 35.1 Å². The highest BCUT2D eigenvalue weighted by atomic mass is 16.4. The maximum absolute atomic E-state index is 11.7. The maximum Gasteiger partial charge on any atom is 0.360 e. The van der Waals surface area contributed by atoms with Crippen LogP contribution in [-0.4, -0.2) is 33.9 Å². The third kappa shape index (κ3) is 3.18. The highest BCUT2D eigenvalue weighted by Gasteiger charge is 2.17. The van der Waals surface area contributed by atoms with E-state index in [1.54, 1.807) is 6.92 Å². The molecule has 0 radical (unpaired) electrons. The second kappa shape index (κ2) is 6.47. The lowest BCUT2D eigenvalue weighted by molar-refractivity contribution is 0.0686. The van der Waals surface area contributed by atoms with Crippen LogP contribution in [0.1, 0.15) is 35.9 Å². The molecule has 0 aliphatic carbocycles. The predicted molar refractivity (Wildman–Crippen MR) is 92.1 cm³/mol. The molecule has 3 rings (SSSR count). The number of nitrogens with zero attached hydrogens (tertiary/aromatic N) is 3. The highest BCUT2D eigenvalue weighted by molar-refractivity contribution is 5.84. The first-order valence-corrected chi connectivity index (χ1v) is 8.15. The lowest BCUT2D eigenvalue weighted by Gasteiger charge is -2.32. The lowest BCUT2D eigenvalue weighted by atomic mass is 9.99. The molecule has 0 saturated carbocycles. The minimum absolute atomic E-state index is 0.463. The van der Waals surface area contributed by atoms with Gasteiger partial charge in [-0.25, -0.2) is 9.48 Å². The molecule has 1 N–H and O–H groups in total. The topological polar surface area (TPSA) is 75.4 Å². The van der Waals surface area contributed by atoms with E-state index in [9.17, 15) is 9.59 Å². The van der Waals surface area contributed by atoms with Crippen molar-refractivity contribution in [2.75, 3.05) is 18.0 Å². The summed E-state index contributed by atoms with van der Waals surface area (Å²) in [4.78, 5) is 25.2. The summed E-state index contributed by atoms with van der Waals surface area (Å²) in [6, 6.07) is 9.15. The summed E-state index contributed by atoms with van der Waals surface area (Å²) in [5, 5.41) is 13.1. The van der Waals surface area contributed by atoms with Crippen molar-refractivity contribution in [2.45, 2.75) is 26.7 Å². The maximum atomic E-state index is 11.7. The minimum Gasteiger partial charge on any atom is -0.476 e. The number of carbonyl (C=O) groups is 1. The van der Waals surface area contributed by atoms with Gasteiger partial charge in [-0.3, -0.25) is 4.79 Å². The average molecular weight is 327 g/mol. The van der Waals surface area contributed by atoms with Gasteiger partial charge in [0.2, 0.25) is 11.1 Å². The molecular formula is C18H21N3O3. The fourth-order valence-corrected chi connectivity index (χ4v) is 3.03. The molecule has 6 heteroatoms. The molecule has 1 saturated heterocycles. The molecule has 1 aromatic heterocycles. The van der Waals surface area contributed by atoms with Gasteiger partial charge >= 0.3 is 5.97 Å². The number of piperidine rings is 1. The molecule has 1 aromatic carbocycles. The van der Waals surface area contributed by atoms with Gasteiger partial charge in [-0.2, -0.15) is 5.10 Å². The van der Waals surface area contributed by atoms with Crippen LogP contribution in [0.2, 0.25) is 0 Å². The number of anilines is 1. The first kappa shape index (κ1) is 16.2. The second-order valence-corrected chi connectivity index (χ2v) is 6.40. The monoisotopic (exact) mass is 327 g/mol.